The van der Waals surface area contributed by atoms with Crippen molar-refractivity contribution in [3.05, 3.63) is 41.5 Å². The van der Waals surface area contributed by atoms with E-state index in [0.717, 1.165) is 23.1 Å². The Hall–Kier alpha value is -1.84. The molecular weight excluding hydrogens is 445 g/mol. The van der Waals surface area contributed by atoms with Crippen molar-refractivity contribution in [1.82, 2.24) is 20.4 Å². The van der Waals surface area contributed by atoms with Gasteiger partial charge in [-0.15, -0.1) is 24.0 Å². The van der Waals surface area contributed by atoms with E-state index in [0.29, 0.717) is 25.4 Å². The predicted molar refractivity (Wildman–Crippen MR) is 113 cm³/mol. The van der Waals surface area contributed by atoms with E-state index >= 15 is 0 Å². The fraction of sp³-hybridized carbons (Fsp3) is 0.500. The minimum absolute atomic E-state index is 0. The molecule has 0 aliphatic rings. The molecule has 0 unspecified atom stereocenters. The lowest BCUT2D eigenvalue weighted by Crippen LogP contribution is -2.39. The van der Waals surface area contributed by atoms with E-state index in [4.69, 9.17) is 9.26 Å². The van der Waals surface area contributed by atoms with Gasteiger partial charge in [0.1, 0.15) is 5.75 Å². The van der Waals surface area contributed by atoms with Crippen LogP contribution in [0.4, 0.5) is 0 Å². The number of rotatable bonds is 7. The van der Waals surface area contributed by atoms with Crippen LogP contribution in [0.5, 0.6) is 5.75 Å². The first kappa shape index (κ1) is 22.2. The molecule has 2 aromatic rings. The molecule has 8 heteroatoms. The van der Waals surface area contributed by atoms with Crippen LogP contribution < -0.4 is 10.1 Å². The van der Waals surface area contributed by atoms with Crippen LogP contribution in [0.25, 0.3) is 0 Å². The second-order valence-electron chi connectivity index (χ2n) is 6.09. The highest BCUT2D eigenvalue weighted by Crippen LogP contribution is 2.18. The Morgan fingerprint density at radius 3 is 2.69 bits per heavy atom. The Kier molecular flexibility index (Phi) is 9.39. The van der Waals surface area contributed by atoms with Gasteiger partial charge in [0.2, 0.25) is 5.89 Å². The summed E-state index contributed by atoms with van der Waals surface area (Å²) in [5, 5.41) is 7.30. The molecule has 0 aliphatic heterocycles. The van der Waals surface area contributed by atoms with Crippen molar-refractivity contribution in [2.24, 2.45) is 4.99 Å². The number of nitrogens with zero attached hydrogens (tertiary/aromatic N) is 4. The summed E-state index contributed by atoms with van der Waals surface area (Å²) in [6, 6.07) is 7.98. The lowest BCUT2D eigenvalue weighted by molar-refractivity contribution is 0.369. The van der Waals surface area contributed by atoms with Crippen molar-refractivity contribution in [1.29, 1.82) is 0 Å². The van der Waals surface area contributed by atoms with Crippen LogP contribution in [0.3, 0.4) is 0 Å². The smallest absolute Gasteiger partial charge is 0.228 e. The number of methoxy groups -OCH3 is 1. The highest BCUT2D eigenvalue weighted by atomic mass is 127. The molecule has 0 amide bonds. The average Bonchev–Trinajstić information content (AvgIpc) is 3.08. The summed E-state index contributed by atoms with van der Waals surface area (Å²) < 4.78 is 10.7. The van der Waals surface area contributed by atoms with E-state index in [2.05, 4.69) is 26.5 Å². The number of halogens is 1. The van der Waals surface area contributed by atoms with Crippen LogP contribution in [-0.2, 0) is 13.0 Å². The molecule has 0 spiro atoms. The van der Waals surface area contributed by atoms with Crippen LogP contribution in [0.2, 0.25) is 0 Å². The number of hydrogen-bond donors (Lipinski definition) is 1. The third kappa shape index (κ3) is 6.15. The Bertz CT molecular complexity index is 702. The van der Waals surface area contributed by atoms with Crippen molar-refractivity contribution in [2.75, 3.05) is 27.7 Å². The number of guanidine groups is 1. The third-order valence-electron chi connectivity index (χ3n) is 3.80. The first-order valence-corrected chi connectivity index (χ1v) is 8.41. The van der Waals surface area contributed by atoms with Gasteiger partial charge in [0.15, 0.2) is 11.8 Å². The van der Waals surface area contributed by atoms with Gasteiger partial charge in [0.05, 0.1) is 7.11 Å². The molecule has 0 bridgehead atoms. The summed E-state index contributed by atoms with van der Waals surface area (Å²) in [5.74, 6) is 3.32. The van der Waals surface area contributed by atoms with Gasteiger partial charge in [0, 0.05) is 45.1 Å². The van der Waals surface area contributed by atoms with Crippen molar-refractivity contribution in [3.8, 4) is 5.75 Å². The van der Waals surface area contributed by atoms with Gasteiger partial charge in [-0.2, -0.15) is 4.98 Å². The van der Waals surface area contributed by atoms with Crippen molar-refractivity contribution in [2.45, 2.75) is 32.7 Å². The molecule has 0 saturated carbocycles. The fourth-order valence-electron chi connectivity index (χ4n) is 2.43. The number of para-hydroxylation sites is 1. The van der Waals surface area contributed by atoms with Crippen molar-refractivity contribution < 1.29 is 9.26 Å². The molecule has 0 radical (unpaired) electrons. The molecule has 1 aromatic heterocycles. The normalized spacial score (nSPS) is 11.2. The van der Waals surface area contributed by atoms with E-state index in [-0.39, 0.29) is 29.9 Å². The summed E-state index contributed by atoms with van der Waals surface area (Å²) in [6.07, 6.45) is 0.654. The largest absolute Gasteiger partial charge is 0.496 e. The molecule has 1 heterocycles. The molecular formula is C18H28IN5O2. The molecule has 0 atom stereocenters. The minimum Gasteiger partial charge on any atom is -0.496 e. The maximum Gasteiger partial charge on any atom is 0.228 e. The summed E-state index contributed by atoms with van der Waals surface area (Å²) in [5.41, 5.74) is 1.11. The lowest BCUT2D eigenvalue weighted by Gasteiger charge is -2.22. The SMILES string of the molecule is CN=C(NCCc1nc(C(C)C)no1)N(C)Cc1ccccc1OC.I. The van der Waals surface area contributed by atoms with Crippen LogP contribution in [0.15, 0.2) is 33.8 Å². The van der Waals surface area contributed by atoms with Crippen molar-refractivity contribution >= 4 is 29.9 Å². The number of benzene rings is 1. The Labute approximate surface area is 172 Å². The summed E-state index contributed by atoms with van der Waals surface area (Å²) in [7, 11) is 5.44. The van der Waals surface area contributed by atoms with Gasteiger partial charge in [-0.3, -0.25) is 4.99 Å². The van der Waals surface area contributed by atoms with Crippen molar-refractivity contribution in [3.63, 3.8) is 0 Å². The zero-order valence-electron chi connectivity index (χ0n) is 16.0. The highest BCUT2D eigenvalue weighted by molar-refractivity contribution is 14.0. The van der Waals surface area contributed by atoms with Gasteiger partial charge >= 0.3 is 0 Å². The van der Waals surface area contributed by atoms with Gasteiger partial charge in [0.25, 0.3) is 0 Å². The van der Waals surface area contributed by atoms with E-state index in [1.807, 2.05) is 44.0 Å². The number of aliphatic imine (C=N–C) groups is 1. The number of ether oxygens (including phenoxy) is 1. The molecule has 2 rings (SSSR count). The molecule has 0 fully saturated rings. The minimum atomic E-state index is 0. The monoisotopic (exact) mass is 473 g/mol. The molecule has 26 heavy (non-hydrogen) atoms. The Morgan fingerprint density at radius 1 is 1.35 bits per heavy atom. The van der Waals surface area contributed by atoms with Crippen LogP contribution in [-0.4, -0.2) is 48.8 Å². The zero-order chi connectivity index (χ0) is 18.2. The quantitative estimate of drug-likeness (QED) is 0.379. The van der Waals surface area contributed by atoms with E-state index in [1.165, 1.54) is 0 Å². The van der Waals surface area contributed by atoms with Gasteiger partial charge in [-0.05, 0) is 6.07 Å². The fourth-order valence-corrected chi connectivity index (χ4v) is 2.43. The molecule has 144 valence electrons. The Morgan fingerprint density at radius 2 is 2.08 bits per heavy atom. The molecule has 1 N–H and O–H groups in total. The first-order chi connectivity index (χ1) is 12.0. The van der Waals surface area contributed by atoms with E-state index in [1.54, 1.807) is 14.2 Å². The second-order valence-corrected chi connectivity index (χ2v) is 6.09. The maximum absolute atomic E-state index is 5.41. The van der Waals surface area contributed by atoms with Gasteiger partial charge in [-0.25, -0.2) is 0 Å². The van der Waals surface area contributed by atoms with Crippen LogP contribution in [0, 0.1) is 0 Å². The zero-order valence-corrected chi connectivity index (χ0v) is 18.4. The summed E-state index contributed by atoms with van der Waals surface area (Å²) in [6.45, 7) is 5.45. The molecule has 0 aliphatic carbocycles. The van der Waals surface area contributed by atoms with Gasteiger partial charge < -0.3 is 19.5 Å². The Balaban J connectivity index is 0.00000338. The second kappa shape index (κ2) is 11.0. The average molecular weight is 473 g/mol. The van der Waals surface area contributed by atoms with E-state index in [9.17, 15) is 0 Å². The topological polar surface area (TPSA) is 75.8 Å². The number of nitrogens with one attached hydrogen (secondary N) is 1. The molecule has 1 aromatic carbocycles. The molecule has 7 nitrogen and oxygen atoms in total. The standard InChI is InChI=1S/C18H27N5O2.HI/c1-13(2)17-21-16(25-22-17)10-11-20-18(19-3)23(4)12-14-8-6-7-9-15(14)24-5;/h6-9,13H,10-12H2,1-5H3,(H,19,20);1H. The lowest BCUT2D eigenvalue weighted by atomic mass is 10.2. The van der Waals surface area contributed by atoms with E-state index < -0.39 is 0 Å². The summed E-state index contributed by atoms with van der Waals surface area (Å²) in [4.78, 5) is 10.8. The molecule has 0 saturated heterocycles. The highest BCUT2D eigenvalue weighted by Gasteiger charge is 2.12. The predicted octanol–water partition coefficient (Wildman–Crippen LogP) is 3.07. The third-order valence-corrected chi connectivity index (χ3v) is 3.80. The van der Waals surface area contributed by atoms with Gasteiger partial charge in [-0.1, -0.05) is 37.2 Å². The summed E-state index contributed by atoms with van der Waals surface area (Å²) >= 11 is 0. The van der Waals surface area contributed by atoms with Crippen LogP contribution >= 0.6 is 24.0 Å². The van der Waals surface area contributed by atoms with Crippen LogP contribution in [0.1, 0.15) is 37.0 Å². The number of aromatic nitrogens is 2. The number of hydrogen-bond acceptors (Lipinski definition) is 5. The maximum atomic E-state index is 5.41. The first-order valence-electron chi connectivity index (χ1n) is 8.41.